The topological polar surface area (TPSA) is 103 Å². The molecule has 2 aliphatic rings. The molecule has 0 bridgehead atoms. The molecule has 2 heterocycles. The number of nitrogens with one attached hydrogen (secondary N) is 1. The molecule has 37 heavy (non-hydrogen) atoms. The van der Waals surface area contributed by atoms with E-state index in [0.717, 1.165) is 48.4 Å². The number of hydrogen-bond acceptors (Lipinski definition) is 9. The van der Waals surface area contributed by atoms with Crippen molar-refractivity contribution < 1.29 is 23.8 Å². The quantitative estimate of drug-likeness (QED) is 0.358. The summed E-state index contributed by atoms with van der Waals surface area (Å²) < 4.78 is 15.5. The maximum Gasteiger partial charge on any atom is 0.337 e. The molecule has 1 saturated heterocycles. The summed E-state index contributed by atoms with van der Waals surface area (Å²) in [7, 11) is 4.56. The zero-order valence-corrected chi connectivity index (χ0v) is 21.2. The molecule has 1 aliphatic heterocycles. The van der Waals surface area contributed by atoms with Gasteiger partial charge in [0.15, 0.2) is 17.3 Å². The molecule has 1 atom stereocenters. The number of ether oxygens (including phenoxy) is 3. The van der Waals surface area contributed by atoms with E-state index in [0.29, 0.717) is 41.7 Å². The van der Waals surface area contributed by atoms with Gasteiger partial charge in [-0.15, -0.1) is 0 Å². The molecule has 5 rings (SSSR count). The number of fused-ring (bicyclic) bond motifs is 1. The van der Waals surface area contributed by atoms with E-state index in [1.54, 1.807) is 38.5 Å². The van der Waals surface area contributed by atoms with Crippen LogP contribution in [0.2, 0.25) is 0 Å². The lowest BCUT2D eigenvalue weighted by Gasteiger charge is -2.20. The van der Waals surface area contributed by atoms with Gasteiger partial charge >= 0.3 is 5.97 Å². The first kappa shape index (κ1) is 24.5. The first-order valence-electron chi connectivity index (χ1n) is 12.4. The number of esters is 1. The summed E-state index contributed by atoms with van der Waals surface area (Å²) in [6.07, 6.45) is 3.59. The highest BCUT2D eigenvalue weighted by Gasteiger charge is 2.32. The fourth-order valence-electron chi connectivity index (χ4n) is 5.00. The summed E-state index contributed by atoms with van der Waals surface area (Å²) in [5.74, 6) is 2.20. The van der Waals surface area contributed by atoms with E-state index in [1.165, 1.54) is 7.11 Å². The molecular formula is C28H30N4O5. The number of Topliss-reactive ketones (excluding diaryl/α,β-unsaturated/α-hetero) is 1. The number of rotatable bonds is 8. The summed E-state index contributed by atoms with van der Waals surface area (Å²) >= 11 is 0. The van der Waals surface area contributed by atoms with Crippen molar-refractivity contribution in [3.05, 3.63) is 64.8 Å². The number of carbonyl (C=O) groups is 2. The third kappa shape index (κ3) is 4.94. The molecule has 1 aromatic heterocycles. The molecule has 3 aromatic rings. The Bertz CT molecular complexity index is 1320. The Balaban J connectivity index is 1.34. The number of nitrogens with zero attached hydrogens (tertiary/aromatic N) is 3. The Morgan fingerprint density at radius 2 is 1.70 bits per heavy atom. The number of ketones is 1. The van der Waals surface area contributed by atoms with Gasteiger partial charge in [0.1, 0.15) is 5.82 Å². The van der Waals surface area contributed by atoms with Crippen molar-refractivity contribution in [2.45, 2.75) is 25.7 Å². The van der Waals surface area contributed by atoms with Gasteiger partial charge in [0.05, 0.1) is 32.6 Å². The Kier molecular flexibility index (Phi) is 6.94. The molecule has 0 amide bonds. The molecule has 9 heteroatoms. The summed E-state index contributed by atoms with van der Waals surface area (Å²) in [6.45, 7) is 1.25. The fraction of sp³-hybridized carbons (Fsp3) is 0.357. The van der Waals surface area contributed by atoms with Crippen molar-refractivity contribution in [2.75, 3.05) is 44.6 Å². The fourth-order valence-corrected chi connectivity index (χ4v) is 5.00. The molecule has 192 valence electrons. The van der Waals surface area contributed by atoms with Gasteiger partial charge in [0.25, 0.3) is 0 Å². The van der Waals surface area contributed by atoms with Gasteiger partial charge in [-0.25, -0.2) is 9.78 Å². The van der Waals surface area contributed by atoms with Crippen molar-refractivity contribution in [2.24, 2.45) is 5.92 Å². The maximum absolute atomic E-state index is 13.2. The van der Waals surface area contributed by atoms with Crippen molar-refractivity contribution in [3.63, 3.8) is 0 Å². The second-order valence-corrected chi connectivity index (χ2v) is 9.21. The Morgan fingerprint density at radius 1 is 0.946 bits per heavy atom. The van der Waals surface area contributed by atoms with E-state index < -0.39 is 5.97 Å². The third-order valence-electron chi connectivity index (χ3n) is 7.00. The molecule has 0 saturated carbocycles. The van der Waals surface area contributed by atoms with E-state index >= 15 is 0 Å². The lowest BCUT2D eigenvalue weighted by atomic mass is 9.96. The highest BCUT2D eigenvalue weighted by molar-refractivity contribution is 5.99. The largest absolute Gasteiger partial charge is 0.493 e. The SMILES string of the molecule is COC(=O)c1ccc(C(=O)C2CCN(c3nc4c(c(Nc5ccc(OC)c(OC)c5)n3)CCC4)C2)cc1. The predicted octanol–water partition coefficient (Wildman–Crippen LogP) is 4.22. The van der Waals surface area contributed by atoms with Crippen LogP contribution in [0, 0.1) is 5.92 Å². The predicted molar refractivity (Wildman–Crippen MR) is 139 cm³/mol. The first-order valence-corrected chi connectivity index (χ1v) is 12.4. The smallest absolute Gasteiger partial charge is 0.337 e. The van der Waals surface area contributed by atoms with Crippen LogP contribution >= 0.6 is 0 Å². The van der Waals surface area contributed by atoms with Gasteiger partial charge < -0.3 is 24.4 Å². The number of aryl methyl sites for hydroxylation is 1. The highest BCUT2D eigenvalue weighted by atomic mass is 16.5. The van der Waals surface area contributed by atoms with E-state index in [1.807, 2.05) is 18.2 Å². The maximum atomic E-state index is 13.2. The van der Waals surface area contributed by atoms with Gasteiger partial charge in [-0.05, 0) is 49.9 Å². The van der Waals surface area contributed by atoms with Crippen LogP contribution in [0.4, 0.5) is 17.5 Å². The molecular weight excluding hydrogens is 472 g/mol. The molecule has 2 aromatic carbocycles. The number of methoxy groups -OCH3 is 3. The number of benzene rings is 2. The van der Waals surface area contributed by atoms with Crippen LogP contribution in [0.1, 0.15) is 44.8 Å². The van der Waals surface area contributed by atoms with Gasteiger partial charge in [0.2, 0.25) is 5.95 Å². The third-order valence-corrected chi connectivity index (χ3v) is 7.00. The number of aromatic nitrogens is 2. The summed E-state index contributed by atoms with van der Waals surface area (Å²) in [6, 6.07) is 12.3. The average molecular weight is 503 g/mol. The normalized spacial score (nSPS) is 16.3. The van der Waals surface area contributed by atoms with Gasteiger partial charge in [0, 0.05) is 41.9 Å². The molecule has 0 spiro atoms. The van der Waals surface area contributed by atoms with Crippen LogP contribution in [-0.2, 0) is 17.6 Å². The van der Waals surface area contributed by atoms with E-state index in [9.17, 15) is 9.59 Å². The summed E-state index contributed by atoms with van der Waals surface area (Å²) in [5.41, 5.74) is 4.05. The van der Waals surface area contributed by atoms with Gasteiger partial charge in [-0.1, -0.05) is 12.1 Å². The van der Waals surface area contributed by atoms with Crippen molar-refractivity contribution in [1.29, 1.82) is 0 Å². The van der Waals surface area contributed by atoms with E-state index in [2.05, 4.69) is 10.2 Å². The molecule has 9 nitrogen and oxygen atoms in total. The monoisotopic (exact) mass is 502 g/mol. The van der Waals surface area contributed by atoms with Crippen LogP contribution in [0.3, 0.4) is 0 Å². The minimum atomic E-state index is -0.419. The number of hydrogen-bond donors (Lipinski definition) is 1. The highest BCUT2D eigenvalue weighted by Crippen LogP contribution is 2.35. The molecule has 1 unspecified atom stereocenters. The van der Waals surface area contributed by atoms with Crippen LogP contribution in [0.15, 0.2) is 42.5 Å². The number of carbonyl (C=O) groups excluding carboxylic acids is 2. The Hall–Kier alpha value is -4.14. The second-order valence-electron chi connectivity index (χ2n) is 9.21. The lowest BCUT2D eigenvalue weighted by molar-refractivity contribution is 0.0600. The summed E-state index contributed by atoms with van der Waals surface area (Å²) in [5, 5.41) is 3.46. The molecule has 0 radical (unpaired) electrons. The molecule has 1 fully saturated rings. The number of anilines is 3. The summed E-state index contributed by atoms with van der Waals surface area (Å²) in [4.78, 5) is 36.7. The van der Waals surface area contributed by atoms with Gasteiger partial charge in [-0.3, -0.25) is 4.79 Å². The van der Waals surface area contributed by atoms with Crippen LogP contribution in [0.25, 0.3) is 0 Å². The minimum Gasteiger partial charge on any atom is -0.493 e. The van der Waals surface area contributed by atoms with Gasteiger partial charge in [-0.2, -0.15) is 4.98 Å². The Labute approximate surface area is 215 Å². The minimum absolute atomic E-state index is 0.0590. The molecule has 1 aliphatic carbocycles. The molecule has 1 N–H and O–H groups in total. The van der Waals surface area contributed by atoms with Crippen LogP contribution in [-0.4, -0.2) is 56.1 Å². The van der Waals surface area contributed by atoms with Crippen molar-refractivity contribution >= 4 is 29.2 Å². The second kappa shape index (κ2) is 10.5. The van der Waals surface area contributed by atoms with E-state index in [4.69, 9.17) is 24.2 Å². The zero-order chi connectivity index (χ0) is 25.9. The van der Waals surface area contributed by atoms with Crippen LogP contribution in [0.5, 0.6) is 11.5 Å². The lowest BCUT2D eigenvalue weighted by Crippen LogP contribution is -2.25. The standard InChI is InChI=1S/C28H30N4O5/c1-35-23-12-11-20(15-24(23)36-2)29-26-21-5-4-6-22(21)30-28(31-26)32-14-13-19(16-32)25(33)17-7-9-18(10-8-17)27(34)37-3/h7-12,15,19H,4-6,13-14,16H2,1-3H3,(H,29,30,31). The average Bonchev–Trinajstić information content (AvgIpc) is 3.62. The van der Waals surface area contributed by atoms with Crippen molar-refractivity contribution in [1.82, 2.24) is 9.97 Å². The Morgan fingerprint density at radius 3 is 2.43 bits per heavy atom. The van der Waals surface area contributed by atoms with E-state index in [-0.39, 0.29) is 11.7 Å². The first-order chi connectivity index (χ1) is 18.0. The zero-order valence-electron chi connectivity index (χ0n) is 21.2. The van der Waals surface area contributed by atoms with Crippen LogP contribution < -0.4 is 19.7 Å². The van der Waals surface area contributed by atoms with Crippen molar-refractivity contribution in [3.8, 4) is 11.5 Å².